The minimum atomic E-state index is -0.170. The standard InChI is InChI=1S/C18H21N3O3/c1-13-16(6-10-24-13)18(23)21-9-2-3-15(12-21)17(22)20-11-14-4-7-19-8-5-14/h4-8,10,15H,2-3,9,11-12H2,1H3,(H,20,22). The van der Waals surface area contributed by atoms with E-state index in [0.717, 1.165) is 18.4 Å². The molecular formula is C18H21N3O3. The summed E-state index contributed by atoms with van der Waals surface area (Å²) in [6.45, 7) is 3.38. The molecule has 6 heteroatoms. The van der Waals surface area contributed by atoms with Gasteiger partial charge in [-0.25, -0.2) is 0 Å². The summed E-state index contributed by atoms with van der Waals surface area (Å²) < 4.78 is 5.21. The molecule has 1 saturated heterocycles. The number of hydrogen-bond acceptors (Lipinski definition) is 4. The number of aryl methyl sites for hydroxylation is 1. The Morgan fingerprint density at radius 1 is 1.33 bits per heavy atom. The highest BCUT2D eigenvalue weighted by Crippen LogP contribution is 2.20. The van der Waals surface area contributed by atoms with Crippen LogP contribution in [0.2, 0.25) is 0 Å². The van der Waals surface area contributed by atoms with Gasteiger partial charge in [-0.1, -0.05) is 0 Å². The van der Waals surface area contributed by atoms with Crippen LogP contribution >= 0.6 is 0 Å². The van der Waals surface area contributed by atoms with E-state index in [1.807, 2.05) is 12.1 Å². The zero-order chi connectivity index (χ0) is 16.9. The minimum absolute atomic E-state index is 0.00627. The molecule has 0 radical (unpaired) electrons. The number of nitrogens with one attached hydrogen (secondary N) is 1. The van der Waals surface area contributed by atoms with Crippen LogP contribution in [0.25, 0.3) is 0 Å². The third-order valence-corrected chi connectivity index (χ3v) is 4.38. The number of rotatable bonds is 4. The summed E-state index contributed by atoms with van der Waals surface area (Å²) in [6, 6.07) is 5.43. The molecule has 1 N–H and O–H groups in total. The summed E-state index contributed by atoms with van der Waals surface area (Å²) in [4.78, 5) is 30.7. The van der Waals surface area contributed by atoms with Gasteiger partial charge >= 0.3 is 0 Å². The highest BCUT2D eigenvalue weighted by molar-refractivity contribution is 5.95. The average molecular weight is 327 g/mol. The highest BCUT2D eigenvalue weighted by Gasteiger charge is 2.29. The third kappa shape index (κ3) is 3.64. The number of likely N-dealkylation sites (tertiary alicyclic amines) is 1. The zero-order valence-corrected chi connectivity index (χ0v) is 13.7. The Kier molecular flexibility index (Phi) is 4.93. The number of pyridine rings is 1. The molecule has 0 saturated carbocycles. The number of aromatic nitrogens is 1. The Morgan fingerprint density at radius 2 is 2.12 bits per heavy atom. The first kappa shape index (κ1) is 16.2. The largest absolute Gasteiger partial charge is 0.469 e. The maximum absolute atomic E-state index is 12.6. The molecule has 1 unspecified atom stereocenters. The second-order valence-electron chi connectivity index (χ2n) is 6.05. The van der Waals surface area contributed by atoms with Gasteiger partial charge in [0.2, 0.25) is 5.91 Å². The maximum atomic E-state index is 12.6. The second-order valence-corrected chi connectivity index (χ2v) is 6.05. The van der Waals surface area contributed by atoms with Crippen LogP contribution in [0.5, 0.6) is 0 Å². The van der Waals surface area contributed by atoms with E-state index in [4.69, 9.17) is 4.42 Å². The Labute approximate surface area is 140 Å². The molecule has 1 atom stereocenters. The lowest BCUT2D eigenvalue weighted by molar-refractivity contribution is -0.126. The van der Waals surface area contributed by atoms with Crippen molar-refractivity contribution in [3.8, 4) is 0 Å². The van der Waals surface area contributed by atoms with Crippen molar-refractivity contribution in [2.24, 2.45) is 5.92 Å². The van der Waals surface area contributed by atoms with Crippen molar-refractivity contribution in [1.82, 2.24) is 15.2 Å². The number of piperidine rings is 1. The monoisotopic (exact) mass is 327 g/mol. The van der Waals surface area contributed by atoms with Crippen LogP contribution < -0.4 is 5.32 Å². The lowest BCUT2D eigenvalue weighted by atomic mass is 9.96. The van der Waals surface area contributed by atoms with Crippen molar-refractivity contribution in [1.29, 1.82) is 0 Å². The first-order valence-electron chi connectivity index (χ1n) is 8.15. The van der Waals surface area contributed by atoms with Gasteiger partial charge in [0, 0.05) is 32.0 Å². The van der Waals surface area contributed by atoms with Crippen molar-refractivity contribution in [3.05, 3.63) is 53.7 Å². The molecular weight excluding hydrogens is 306 g/mol. The molecule has 126 valence electrons. The van der Waals surface area contributed by atoms with E-state index in [9.17, 15) is 9.59 Å². The van der Waals surface area contributed by atoms with Gasteiger partial charge < -0.3 is 14.6 Å². The molecule has 0 spiro atoms. The number of carbonyl (C=O) groups excluding carboxylic acids is 2. The lowest BCUT2D eigenvalue weighted by Gasteiger charge is -2.32. The van der Waals surface area contributed by atoms with Crippen molar-refractivity contribution < 1.29 is 14.0 Å². The number of nitrogens with zero attached hydrogens (tertiary/aromatic N) is 2. The SMILES string of the molecule is Cc1occc1C(=O)N1CCCC(C(=O)NCc2ccncc2)C1. The fraction of sp³-hybridized carbons (Fsp3) is 0.389. The molecule has 3 rings (SSSR count). The minimum Gasteiger partial charge on any atom is -0.469 e. The van der Waals surface area contributed by atoms with E-state index in [2.05, 4.69) is 10.3 Å². The number of carbonyl (C=O) groups is 2. The third-order valence-electron chi connectivity index (χ3n) is 4.38. The Hall–Kier alpha value is -2.63. The average Bonchev–Trinajstić information content (AvgIpc) is 3.06. The summed E-state index contributed by atoms with van der Waals surface area (Å²) in [7, 11) is 0. The second kappa shape index (κ2) is 7.29. The normalized spacial score (nSPS) is 17.5. The van der Waals surface area contributed by atoms with Crippen molar-refractivity contribution in [2.45, 2.75) is 26.3 Å². The van der Waals surface area contributed by atoms with Crippen LogP contribution in [0.1, 0.15) is 34.5 Å². The number of amides is 2. The number of furan rings is 1. The van der Waals surface area contributed by atoms with Crippen LogP contribution in [0, 0.1) is 12.8 Å². The zero-order valence-electron chi connectivity index (χ0n) is 13.7. The molecule has 3 heterocycles. The summed E-state index contributed by atoms with van der Waals surface area (Å²) in [5.74, 6) is 0.377. The molecule has 0 aliphatic carbocycles. The molecule has 0 bridgehead atoms. The summed E-state index contributed by atoms with van der Waals surface area (Å²) in [5, 5.41) is 2.95. The molecule has 2 aromatic rings. The molecule has 24 heavy (non-hydrogen) atoms. The molecule has 2 aromatic heterocycles. The van der Waals surface area contributed by atoms with Gasteiger partial charge in [0.05, 0.1) is 17.7 Å². The van der Waals surface area contributed by atoms with Crippen LogP contribution in [0.3, 0.4) is 0 Å². The van der Waals surface area contributed by atoms with Gasteiger partial charge in [0.15, 0.2) is 0 Å². The van der Waals surface area contributed by atoms with Gasteiger partial charge in [0.25, 0.3) is 5.91 Å². The van der Waals surface area contributed by atoms with E-state index in [1.54, 1.807) is 30.3 Å². The Bertz CT molecular complexity index is 711. The Balaban J connectivity index is 1.58. The predicted octanol–water partition coefficient (Wildman–Crippen LogP) is 2.15. The summed E-state index contributed by atoms with van der Waals surface area (Å²) >= 11 is 0. The first-order valence-corrected chi connectivity index (χ1v) is 8.15. The quantitative estimate of drug-likeness (QED) is 0.933. The van der Waals surface area contributed by atoms with E-state index in [0.29, 0.717) is 31.0 Å². The molecule has 0 aromatic carbocycles. The van der Waals surface area contributed by atoms with Gasteiger partial charge in [-0.3, -0.25) is 14.6 Å². The molecule has 1 aliphatic rings. The first-order chi connectivity index (χ1) is 11.6. The number of hydrogen-bond donors (Lipinski definition) is 1. The fourth-order valence-electron chi connectivity index (χ4n) is 2.99. The van der Waals surface area contributed by atoms with Gasteiger partial charge in [-0.05, 0) is 43.5 Å². The smallest absolute Gasteiger partial charge is 0.257 e. The van der Waals surface area contributed by atoms with E-state index in [-0.39, 0.29) is 17.7 Å². The van der Waals surface area contributed by atoms with Crippen molar-refractivity contribution in [3.63, 3.8) is 0 Å². The molecule has 2 amide bonds. The van der Waals surface area contributed by atoms with E-state index >= 15 is 0 Å². The van der Waals surface area contributed by atoms with Crippen LogP contribution in [-0.2, 0) is 11.3 Å². The Morgan fingerprint density at radius 3 is 2.83 bits per heavy atom. The molecule has 1 aliphatic heterocycles. The lowest BCUT2D eigenvalue weighted by Crippen LogP contribution is -2.45. The topological polar surface area (TPSA) is 75.4 Å². The predicted molar refractivity (Wildman–Crippen MR) is 88.2 cm³/mol. The van der Waals surface area contributed by atoms with E-state index in [1.165, 1.54) is 6.26 Å². The van der Waals surface area contributed by atoms with Gasteiger partial charge in [-0.2, -0.15) is 0 Å². The molecule has 1 fully saturated rings. The van der Waals surface area contributed by atoms with Crippen molar-refractivity contribution >= 4 is 11.8 Å². The van der Waals surface area contributed by atoms with Gasteiger partial charge in [-0.15, -0.1) is 0 Å². The van der Waals surface area contributed by atoms with Crippen LogP contribution in [-0.4, -0.2) is 34.8 Å². The fourth-order valence-corrected chi connectivity index (χ4v) is 2.99. The van der Waals surface area contributed by atoms with E-state index < -0.39 is 0 Å². The van der Waals surface area contributed by atoms with Crippen LogP contribution in [0.15, 0.2) is 41.3 Å². The van der Waals surface area contributed by atoms with Gasteiger partial charge in [0.1, 0.15) is 5.76 Å². The summed E-state index contributed by atoms with van der Waals surface area (Å²) in [6.07, 6.45) is 6.56. The van der Waals surface area contributed by atoms with Crippen LogP contribution in [0.4, 0.5) is 0 Å². The van der Waals surface area contributed by atoms with Crippen molar-refractivity contribution in [2.75, 3.05) is 13.1 Å². The molecule has 6 nitrogen and oxygen atoms in total. The maximum Gasteiger partial charge on any atom is 0.257 e. The summed E-state index contributed by atoms with van der Waals surface area (Å²) in [5.41, 5.74) is 1.59. The highest BCUT2D eigenvalue weighted by atomic mass is 16.3.